The van der Waals surface area contributed by atoms with Gasteiger partial charge in [-0.05, 0) is 36.8 Å². The molecule has 2 aliphatic heterocycles. The molecule has 2 heterocycles. The average Bonchev–Trinajstić information content (AvgIpc) is 2.63. The lowest BCUT2D eigenvalue weighted by Gasteiger charge is -2.42. The topological polar surface area (TPSA) is 63.7 Å². The van der Waals surface area contributed by atoms with Crippen molar-refractivity contribution in [2.24, 2.45) is 11.8 Å². The zero-order chi connectivity index (χ0) is 18.4. The highest BCUT2D eigenvalue weighted by molar-refractivity contribution is 9.10. The fraction of sp³-hybridized carbons (Fsp3) is 0.250. The van der Waals surface area contributed by atoms with Crippen LogP contribution in [0.5, 0.6) is 5.75 Å². The molecule has 4 rings (SSSR count). The Balaban J connectivity index is 1.84. The lowest BCUT2D eigenvalue weighted by Crippen LogP contribution is -2.57. The monoisotopic (exact) mass is 413 g/mol. The number of carbonyl (C=O) groups excluding carboxylic acids is 3. The number of imide groups is 1. The fourth-order valence-electron chi connectivity index (χ4n) is 3.89. The van der Waals surface area contributed by atoms with Gasteiger partial charge < -0.3 is 4.74 Å². The second-order valence-corrected chi connectivity index (χ2v) is 7.38. The van der Waals surface area contributed by atoms with Crippen molar-refractivity contribution in [1.82, 2.24) is 0 Å². The van der Waals surface area contributed by atoms with Crippen molar-refractivity contribution in [2.75, 3.05) is 4.90 Å². The van der Waals surface area contributed by atoms with E-state index in [-0.39, 0.29) is 5.91 Å². The SMILES string of the molecule is CCC1C(=O)N(c2ccc(Br)cc2)C(=O)C2C(=O)Oc3ccccc3C12. The number of fused-ring (bicyclic) bond motifs is 3. The lowest BCUT2D eigenvalue weighted by molar-refractivity contribution is -0.151. The summed E-state index contributed by atoms with van der Waals surface area (Å²) in [5.74, 6) is -2.89. The van der Waals surface area contributed by atoms with Gasteiger partial charge in [0.15, 0.2) is 0 Å². The molecule has 2 aromatic rings. The van der Waals surface area contributed by atoms with Gasteiger partial charge in [0, 0.05) is 21.9 Å². The number of anilines is 1. The zero-order valence-corrected chi connectivity index (χ0v) is 15.6. The molecule has 3 atom stereocenters. The molecule has 0 N–H and O–H groups in total. The van der Waals surface area contributed by atoms with Gasteiger partial charge in [0.2, 0.25) is 11.8 Å². The van der Waals surface area contributed by atoms with Crippen molar-refractivity contribution >= 4 is 39.4 Å². The van der Waals surface area contributed by atoms with E-state index in [0.717, 1.165) is 14.9 Å². The molecule has 0 radical (unpaired) electrons. The van der Waals surface area contributed by atoms with E-state index in [2.05, 4.69) is 15.9 Å². The zero-order valence-electron chi connectivity index (χ0n) is 14.0. The molecular weight excluding hydrogens is 398 g/mol. The molecular formula is C20H16BrNO4. The Kier molecular flexibility index (Phi) is 4.15. The van der Waals surface area contributed by atoms with Crippen molar-refractivity contribution in [3.63, 3.8) is 0 Å². The van der Waals surface area contributed by atoms with Crippen molar-refractivity contribution in [1.29, 1.82) is 0 Å². The van der Waals surface area contributed by atoms with Gasteiger partial charge in [-0.25, -0.2) is 4.90 Å². The van der Waals surface area contributed by atoms with Crippen molar-refractivity contribution in [2.45, 2.75) is 19.3 Å². The minimum atomic E-state index is -1.00. The Hall–Kier alpha value is -2.47. The number of piperidine rings is 1. The van der Waals surface area contributed by atoms with E-state index in [1.165, 1.54) is 0 Å². The molecule has 5 nitrogen and oxygen atoms in total. The number of hydrogen-bond donors (Lipinski definition) is 0. The van der Waals surface area contributed by atoms with Crippen molar-refractivity contribution < 1.29 is 19.1 Å². The van der Waals surface area contributed by atoms with E-state index in [0.29, 0.717) is 17.9 Å². The van der Waals surface area contributed by atoms with Crippen LogP contribution in [0.1, 0.15) is 24.8 Å². The van der Waals surface area contributed by atoms with Crippen LogP contribution in [-0.2, 0) is 14.4 Å². The molecule has 26 heavy (non-hydrogen) atoms. The molecule has 0 spiro atoms. The third-order valence-corrected chi connectivity index (χ3v) is 5.61. The number of nitrogens with zero attached hydrogens (tertiary/aromatic N) is 1. The van der Waals surface area contributed by atoms with Crippen LogP contribution in [0.15, 0.2) is 53.0 Å². The highest BCUT2D eigenvalue weighted by Crippen LogP contribution is 2.48. The number of amides is 2. The Morgan fingerprint density at radius 2 is 1.69 bits per heavy atom. The second kappa shape index (κ2) is 6.36. The predicted octanol–water partition coefficient (Wildman–Crippen LogP) is 3.67. The molecule has 3 unspecified atom stereocenters. The van der Waals surface area contributed by atoms with Gasteiger partial charge in [-0.15, -0.1) is 0 Å². The number of halogens is 1. The van der Waals surface area contributed by atoms with Gasteiger partial charge in [0.1, 0.15) is 11.7 Å². The van der Waals surface area contributed by atoms with E-state index < -0.39 is 29.6 Å². The summed E-state index contributed by atoms with van der Waals surface area (Å²) in [5.41, 5.74) is 1.22. The first kappa shape index (κ1) is 17.0. The average molecular weight is 414 g/mol. The van der Waals surface area contributed by atoms with E-state index >= 15 is 0 Å². The van der Waals surface area contributed by atoms with E-state index in [1.54, 1.807) is 36.4 Å². The number of rotatable bonds is 2. The van der Waals surface area contributed by atoms with Gasteiger partial charge in [0.05, 0.1) is 5.69 Å². The summed E-state index contributed by atoms with van der Waals surface area (Å²) < 4.78 is 6.24. The third-order valence-electron chi connectivity index (χ3n) is 5.08. The van der Waals surface area contributed by atoms with Crippen molar-refractivity contribution in [3.05, 3.63) is 58.6 Å². The summed E-state index contributed by atoms with van der Waals surface area (Å²) in [6.07, 6.45) is 0.530. The van der Waals surface area contributed by atoms with Crippen molar-refractivity contribution in [3.8, 4) is 5.75 Å². The molecule has 132 valence electrons. The van der Waals surface area contributed by atoms with Crippen LogP contribution in [0.3, 0.4) is 0 Å². The number of ether oxygens (including phenoxy) is 1. The summed E-state index contributed by atoms with van der Waals surface area (Å²) in [6, 6.07) is 14.0. The highest BCUT2D eigenvalue weighted by atomic mass is 79.9. The number of para-hydroxylation sites is 1. The maximum absolute atomic E-state index is 13.2. The second-order valence-electron chi connectivity index (χ2n) is 6.47. The summed E-state index contributed by atoms with van der Waals surface area (Å²) in [4.78, 5) is 40.0. The number of benzene rings is 2. The molecule has 0 aromatic heterocycles. The van der Waals surface area contributed by atoms with Crippen LogP contribution < -0.4 is 9.64 Å². The smallest absolute Gasteiger partial charge is 0.324 e. The molecule has 2 aromatic carbocycles. The molecule has 1 saturated heterocycles. The Labute approximate surface area is 159 Å². The van der Waals surface area contributed by atoms with E-state index in [1.807, 2.05) is 19.1 Å². The van der Waals surface area contributed by atoms with Crippen LogP contribution in [-0.4, -0.2) is 17.8 Å². The summed E-state index contributed by atoms with van der Waals surface area (Å²) in [6.45, 7) is 1.90. The molecule has 6 heteroatoms. The van der Waals surface area contributed by atoms with E-state index in [9.17, 15) is 14.4 Å². The van der Waals surface area contributed by atoms with E-state index in [4.69, 9.17) is 4.74 Å². The minimum absolute atomic E-state index is 0.273. The maximum atomic E-state index is 13.2. The van der Waals surface area contributed by atoms with Gasteiger partial charge in [0.25, 0.3) is 0 Å². The summed E-state index contributed by atoms with van der Waals surface area (Å²) in [5, 5.41) is 0. The maximum Gasteiger partial charge on any atom is 0.324 e. The minimum Gasteiger partial charge on any atom is -0.426 e. The van der Waals surface area contributed by atoms with Gasteiger partial charge >= 0.3 is 5.97 Å². The molecule has 0 saturated carbocycles. The van der Waals surface area contributed by atoms with Crippen LogP contribution in [0.4, 0.5) is 5.69 Å². The Morgan fingerprint density at radius 1 is 1.00 bits per heavy atom. The molecule has 2 aliphatic rings. The van der Waals surface area contributed by atoms with Gasteiger partial charge in [-0.1, -0.05) is 41.1 Å². The molecule has 0 bridgehead atoms. The number of esters is 1. The molecule has 2 amide bonds. The quantitative estimate of drug-likeness (QED) is 0.326. The Morgan fingerprint density at radius 3 is 2.38 bits per heavy atom. The molecule has 1 fully saturated rings. The lowest BCUT2D eigenvalue weighted by atomic mass is 9.70. The Bertz CT molecular complexity index is 908. The normalized spacial score (nSPS) is 24.8. The van der Waals surface area contributed by atoms with Gasteiger partial charge in [-0.2, -0.15) is 0 Å². The number of hydrogen-bond acceptors (Lipinski definition) is 4. The highest BCUT2D eigenvalue weighted by Gasteiger charge is 2.55. The fourth-order valence-corrected chi connectivity index (χ4v) is 4.16. The molecule has 0 aliphatic carbocycles. The largest absolute Gasteiger partial charge is 0.426 e. The third kappa shape index (κ3) is 2.48. The van der Waals surface area contributed by atoms with Crippen LogP contribution in [0, 0.1) is 11.8 Å². The van der Waals surface area contributed by atoms with Crippen LogP contribution in [0.25, 0.3) is 0 Å². The summed E-state index contributed by atoms with van der Waals surface area (Å²) >= 11 is 3.35. The predicted molar refractivity (Wildman–Crippen MR) is 98.7 cm³/mol. The summed E-state index contributed by atoms with van der Waals surface area (Å²) in [7, 11) is 0. The first-order chi connectivity index (χ1) is 12.5. The standard InChI is InChI=1S/C20H16BrNO4/c1-2-13-16-14-5-3-4-6-15(14)26-20(25)17(16)19(24)22(18(13)23)12-9-7-11(21)8-10-12/h3-10,13,16-17H,2H2,1H3. The first-order valence-corrected chi connectivity index (χ1v) is 9.26. The first-order valence-electron chi connectivity index (χ1n) is 8.47. The van der Waals surface area contributed by atoms with Crippen LogP contribution in [0.2, 0.25) is 0 Å². The van der Waals surface area contributed by atoms with Crippen LogP contribution >= 0.6 is 15.9 Å². The number of carbonyl (C=O) groups is 3. The van der Waals surface area contributed by atoms with Gasteiger partial charge in [-0.3, -0.25) is 14.4 Å².